The first-order chi connectivity index (χ1) is 11.1. The van der Waals surface area contributed by atoms with Crippen molar-refractivity contribution in [2.45, 2.75) is 19.4 Å². The third-order valence-electron chi connectivity index (χ3n) is 3.19. The van der Waals surface area contributed by atoms with Gasteiger partial charge in [-0.15, -0.1) is 0 Å². The van der Waals surface area contributed by atoms with Gasteiger partial charge < -0.3 is 10.6 Å². The van der Waals surface area contributed by atoms with E-state index < -0.39 is 0 Å². The second kappa shape index (κ2) is 8.63. The summed E-state index contributed by atoms with van der Waals surface area (Å²) in [6.45, 7) is 0.565. The van der Waals surface area contributed by atoms with Gasteiger partial charge in [0.2, 0.25) is 11.8 Å². The van der Waals surface area contributed by atoms with Crippen LogP contribution < -0.4 is 10.6 Å². The van der Waals surface area contributed by atoms with Crippen molar-refractivity contribution in [2.24, 2.45) is 0 Å². The molecule has 0 fully saturated rings. The number of carbonyl (C=O) groups is 2. The van der Waals surface area contributed by atoms with Crippen LogP contribution in [-0.4, -0.2) is 23.3 Å². The Hall–Kier alpha value is -2.76. The van der Waals surface area contributed by atoms with Crippen LogP contribution in [0.2, 0.25) is 0 Å². The van der Waals surface area contributed by atoms with Gasteiger partial charge in [0.1, 0.15) is 12.2 Å². The molecule has 0 unspecified atom stereocenters. The number of aromatic nitrogens is 1. The Labute approximate surface area is 133 Å². The van der Waals surface area contributed by atoms with Crippen molar-refractivity contribution < 1.29 is 14.0 Å². The van der Waals surface area contributed by atoms with Crippen LogP contribution in [0.25, 0.3) is 0 Å². The van der Waals surface area contributed by atoms with Crippen LogP contribution >= 0.6 is 0 Å². The molecular formula is C17H18FN3O2. The molecule has 2 amide bonds. The summed E-state index contributed by atoms with van der Waals surface area (Å²) in [6, 6.07) is 11.8. The fraction of sp³-hybridized carbons (Fsp3) is 0.235. The summed E-state index contributed by atoms with van der Waals surface area (Å²) in [5.74, 6) is -1.06. The second-order valence-corrected chi connectivity index (χ2v) is 4.97. The predicted molar refractivity (Wildman–Crippen MR) is 83.8 cm³/mol. The summed E-state index contributed by atoms with van der Waals surface area (Å²) in [5.41, 5.74) is 1.26. The summed E-state index contributed by atoms with van der Waals surface area (Å²) in [5, 5.41) is 5.23. The van der Waals surface area contributed by atoms with Crippen molar-refractivity contribution in [3.05, 3.63) is 65.7 Å². The molecule has 0 aliphatic rings. The summed E-state index contributed by atoms with van der Waals surface area (Å²) < 4.78 is 13.4. The van der Waals surface area contributed by atoms with Crippen molar-refractivity contribution in [1.82, 2.24) is 15.6 Å². The predicted octanol–water partition coefficient (Wildman–Crippen LogP) is 1.59. The molecule has 1 aromatic carbocycles. The molecule has 5 nitrogen and oxygen atoms in total. The van der Waals surface area contributed by atoms with Gasteiger partial charge in [-0.2, -0.15) is 0 Å². The molecular weight excluding hydrogens is 297 g/mol. The Morgan fingerprint density at radius 3 is 2.48 bits per heavy atom. The number of carbonyl (C=O) groups excluding carboxylic acids is 2. The summed E-state index contributed by atoms with van der Waals surface area (Å²) >= 11 is 0. The number of hydrogen-bond donors (Lipinski definition) is 2. The Kier molecular flexibility index (Phi) is 6.23. The second-order valence-electron chi connectivity index (χ2n) is 4.97. The summed E-state index contributed by atoms with van der Waals surface area (Å²) in [4.78, 5) is 27.4. The lowest BCUT2D eigenvalue weighted by molar-refractivity contribution is -0.129. The van der Waals surface area contributed by atoms with Gasteiger partial charge in [0.25, 0.3) is 0 Å². The number of rotatable bonds is 7. The Morgan fingerprint density at radius 2 is 1.74 bits per heavy atom. The van der Waals surface area contributed by atoms with E-state index in [1.807, 2.05) is 6.07 Å². The lowest BCUT2D eigenvalue weighted by Gasteiger charge is -2.07. The van der Waals surface area contributed by atoms with Crippen LogP contribution in [0.5, 0.6) is 0 Å². The highest BCUT2D eigenvalue weighted by atomic mass is 19.1. The first-order valence-electron chi connectivity index (χ1n) is 7.32. The molecule has 0 aliphatic carbocycles. The quantitative estimate of drug-likeness (QED) is 0.762. The maximum atomic E-state index is 13.4. The molecule has 120 valence electrons. The molecule has 2 rings (SSSR count). The standard InChI is InChI=1S/C17H18FN3O2/c18-15-7-2-1-5-13(15)8-10-20-16(22)11-17(23)21-12-14-6-3-4-9-19-14/h1-7,9H,8,10-12H2,(H,20,22)(H,21,23). The highest BCUT2D eigenvalue weighted by Gasteiger charge is 2.09. The molecule has 0 aliphatic heterocycles. The monoisotopic (exact) mass is 315 g/mol. The molecule has 0 spiro atoms. The average molecular weight is 315 g/mol. The van der Waals surface area contributed by atoms with Gasteiger partial charge in [-0.1, -0.05) is 24.3 Å². The normalized spacial score (nSPS) is 10.1. The van der Waals surface area contributed by atoms with Crippen molar-refractivity contribution in [3.63, 3.8) is 0 Å². The fourth-order valence-corrected chi connectivity index (χ4v) is 2.00. The number of nitrogens with one attached hydrogen (secondary N) is 2. The van der Waals surface area contributed by atoms with Crippen molar-refractivity contribution >= 4 is 11.8 Å². The maximum absolute atomic E-state index is 13.4. The Morgan fingerprint density at radius 1 is 1.00 bits per heavy atom. The summed E-state index contributed by atoms with van der Waals surface area (Å²) in [6.07, 6.45) is 1.76. The number of pyridine rings is 1. The smallest absolute Gasteiger partial charge is 0.229 e. The third kappa shape index (κ3) is 5.86. The van der Waals surface area contributed by atoms with Gasteiger partial charge in [0, 0.05) is 12.7 Å². The van der Waals surface area contributed by atoms with E-state index in [0.717, 1.165) is 5.69 Å². The highest BCUT2D eigenvalue weighted by Crippen LogP contribution is 2.06. The zero-order chi connectivity index (χ0) is 16.5. The first-order valence-corrected chi connectivity index (χ1v) is 7.32. The van der Waals surface area contributed by atoms with Crippen LogP contribution in [0.1, 0.15) is 17.7 Å². The molecule has 2 aromatic rings. The van der Waals surface area contributed by atoms with Gasteiger partial charge in [-0.25, -0.2) is 4.39 Å². The molecule has 0 radical (unpaired) electrons. The minimum Gasteiger partial charge on any atom is -0.355 e. The largest absolute Gasteiger partial charge is 0.355 e. The van der Waals surface area contributed by atoms with Crippen LogP contribution in [-0.2, 0) is 22.6 Å². The van der Waals surface area contributed by atoms with Gasteiger partial charge in [-0.05, 0) is 30.2 Å². The van der Waals surface area contributed by atoms with E-state index >= 15 is 0 Å². The first kappa shape index (κ1) is 16.6. The topological polar surface area (TPSA) is 71.1 Å². The van der Waals surface area contributed by atoms with E-state index in [1.54, 1.807) is 36.5 Å². The van der Waals surface area contributed by atoms with Crippen LogP contribution in [0.4, 0.5) is 4.39 Å². The van der Waals surface area contributed by atoms with Gasteiger partial charge >= 0.3 is 0 Å². The lowest BCUT2D eigenvalue weighted by Crippen LogP contribution is -2.32. The molecule has 23 heavy (non-hydrogen) atoms. The van der Waals surface area contributed by atoms with Crippen molar-refractivity contribution in [1.29, 1.82) is 0 Å². The Balaban J connectivity index is 1.66. The SMILES string of the molecule is O=C(CC(=O)NCc1ccccn1)NCCc1ccccc1F. The van der Waals surface area contributed by atoms with Crippen molar-refractivity contribution in [3.8, 4) is 0 Å². The number of hydrogen-bond acceptors (Lipinski definition) is 3. The Bertz CT molecular complexity index is 662. The zero-order valence-electron chi connectivity index (χ0n) is 12.6. The van der Waals surface area contributed by atoms with Crippen LogP contribution in [0.3, 0.4) is 0 Å². The molecule has 0 saturated heterocycles. The minimum atomic E-state index is -0.389. The zero-order valence-corrected chi connectivity index (χ0v) is 12.6. The number of amides is 2. The summed E-state index contributed by atoms with van der Waals surface area (Å²) in [7, 11) is 0. The van der Waals surface area contributed by atoms with E-state index in [1.165, 1.54) is 6.07 Å². The maximum Gasteiger partial charge on any atom is 0.229 e. The van der Waals surface area contributed by atoms with E-state index in [9.17, 15) is 14.0 Å². The van der Waals surface area contributed by atoms with Gasteiger partial charge in [0.15, 0.2) is 0 Å². The molecule has 1 heterocycles. The average Bonchev–Trinajstić information content (AvgIpc) is 2.56. The molecule has 0 saturated carbocycles. The highest BCUT2D eigenvalue weighted by molar-refractivity contribution is 5.96. The van der Waals surface area contributed by atoms with Crippen molar-refractivity contribution in [2.75, 3.05) is 6.54 Å². The van der Waals surface area contributed by atoms with Gasteiger partial charge in [-0.3, -0.25) is 14.6 Å². The lowest BCUT2D eigenvalue weighted by atomic mass is 10.1. The number of nitrogens with zero attached hydrogens (tertiary/aromatic N) is 1. The molecule has 2 N–H and O–H groups in total. The molecule has 0 bridgehead atoms. The minimum absolute atomic E-state index is 0.260. The van der Waals surface area contributed by atoms with Gasteiger partial charge in [0.05, 0.1) is 12.2 Å². The van der Waals surface area contributed by atoms with E-state index in [0.29, 0.717) is 12.0 Å². The van der Waals surface area contributed by atoms with Crippen LogP contribution in [0.15, 0.2) is 48.7 Å². The van der Waals surface area contributed by atoms with E-state index in [4.69, 9.17) is 0 Å². The number of benzene rings is 1. The van der Waals surface area contributed by atoms with E-state index in [-0.39, 0.29) is 37.1 Å². The number of halogens is 1. The fourth-order valence-electron chi connectivity index (χ4n) is 2.00. The molecule has 6 heteroatoms. The third-order valence-corrected chi connectivity index (χ3v) is 3.19. The van der Waals surface area contributed by atoms with E-state index in [2.05, 4.69) is 15.6 Å². The molecule has 1 aromatic heterocycles. The van der Waals surface area contributed by atoms with Crippen LogP contribution in [0, 0.1) is 5.82 Å². The molecule has 0 atom stereocenters.